The van der Waals surface area contributed by atoms with E-state index in [9.17, 15) is 9.90 Å². The molecule has 2 atom stereocenters. The number of primary amides is 1. The number of hydrogen-bond acceptors (Lipinski definition) is 6. The second kappa shape index (κ2) is 7.61. The molecule has 7 heteroatoms. The number of hydrogen-bond donors (Lipinski definition) is 4. The zero-order chi connectivity index (χ0) is 17.7. The minimum absolute atomic E-state index is 0.0436. The maximum absolute atomic E-state index is 11.6. The van der Waals surface area contributed by atoms with Gasteiger partial charge in [-0.05, 0) is 31.1 Å². The van der Waals surface area contributed by atoms with Gasteiger partial charge in [-0.15, -0.1) is 6.58 Å². The summed E-state index contributed by atoms with van der Waals surface area (Å²) >= 11 is 0. The predicted octanol–water partition coefficient (Wildman–Crippen LogP) is 1.91. The Balaban J connectivity index is 2.13. The van der Waals surface area contributed by atoms with Crippen LogP contribution >= 0.6 is 0 Å². The smallest absolute Gasteiger partial charge is 0.254 e. The van der Waals surface area contributed by atoms with Crippen LogP contribution in [0, 0.1) is 5.41 Å². The number of carbonyl (C=O) groups is 1. The first-order chi connectivity index (χ1) is 11.3. The minimum atomic E-state index is -0.577. The number of anilines is 2. The van der Waals surface area contributed by atoms with E-state index in [1.54, 1.807) is 6.08 Å². The van der Waals surface area contributed by atoms with Crippen LogP contribution in [0.5, 0.6) is 0 Å². The molecule has 0 saturated heterocycles. The molecule has 2 unspecified atom stereocenters. The molecule has 24 heavy (non-hydrogen) atoms. The Morgan fingerprint density at radius 3 is 2.96 bits per heavy atom. The lowest BCUT2D eigenvalue weighted by atomic mass is 9.73. The molecule has 1 aromatic heterocycles. The van der Waals surface area contributed by atoms with Crippen molar-refractivity contribution in [3.8, 4) is 0 Å². The number of carbonyl (C=O) groups excluding carboxylic acids is 1. The topological polar surface area (TPSA) is 113 Å². The van der Waals surface area contributed by atoms with Gasteiger partial charge in [0.2, 0.25) is 5.95 Å². The zero-order valence-corrected chi connectivity index (χ0v) is 14.4. The van der Waals surface area contributed by atoms with Gasteiger partial charge in [0.15, 0.2) is 0 Å². The van der Waals surface area contributed by atoms with Crippen LogP contribution in [-0.4, -0.2) is 39.7 Å². The fourth-order valence-electron chi connectivity index (χ4n) is 2.79. The fraction of sp³-hybridized carbons (Fsp3) is 0.588. The first-order valence-corrected chi connectivity index (χ1v) is 8.29. The maximum atomic E-state index is 11.6. The van der Waals surface area contributed by atoms with E-state index in [-0.39, 0.29) is 17.0 Å². The van der Waals surface area contributed by atoms with Gasteiger partial charge in [0.25, 0.3) is 5.91 Å². The molecule has 0 spiro atoms. The maximum Gasteiger partial charge on any atom is 0.254 e. The number of nitrogens with zero attached hydrogens (tertiary/aromatic N) is 2. The van der Waals surface area contributed by atoms with Crippen LogP contribution in [0.1, 0.15) is 49.9 Å². The molecule has 0 radical (unpaired) electrons. The van der Waals surface area contributed by atoms with Crippen molar-refractivity contribution in [2.75, 3.05) is 17.2 Å². The molecule has 0 aliphatic heterocycles. The predicted molar refractivity (Wildman–Crippen MR) is 94.9 cm³/mol. The second-order valence-electron chi connectivity index (χ2n) is 6.94. The van der Waals surface area contributed by atoms with Crippen molar-refractivity contribution in [1.82, 2.24) is 9.97 Å². The molecular formula is C17H27N5O2. The summed E-state index contributed by atoms with van der Waals surface area (Å²) in [5, 5.41) is 16.6. The summed E-state index contributed by atoms with van der Waals surface area (Å²) in [6.45, 7) is 8.46. The summed E-state index contributed by atoms with van der Waals surface area (Å²) in [5.41, 5.74) is 5.58. The van der Waals surface area contributed by atoms with E-state index in [0.29, 0.717) is 24.7 Å². The highest BCUT2D eigenvalue weighted by molar-refractivity contribution is 5.97. The summed E-state index contributed by atoms with van der Waals surface area (Å²) in [6, 6.07) is 0.0436. The number of aromatic nitrogens is 2. The molecule has 1 aromatic rings. The van der Waals surface area contributed by atoms with Gasteiger partial charge < -0.3 is 21.5 Å². The van der Waals surface area contributed by atoms with Gasteiger partial charge in [0.1, 0.15) is 5.82 Å². The van der Waals surface area contributed by atoms with Gasteiger partial charge in [0, 0.05) is 18.8 Å². The van der Waals surface area contributed by atoms with Gasteiger partial charge in [-0.1, -0.05) is 19.9 Å². The highest BCUT2D eigenvalue weighted by Gasteiger charge is 2.35. The summed E-state index contributed by atoms with van der Waals surface area (Å²) in [5.74, 6) is 0.267. The number of amides is 1. The quantitative estimate of drug-likeness (QED) is 0.448. The Kier molecular flexibility index (Phi) is 5.77. The van der Waals surface area contributed by atoms with Crippen molar-refractivity contribution in [1.29, 1.82) is 0 Å². The van der Waals surface area contributed by atoms with Crippen LogP contribution in [-0.2, 0) is 0 Å². The van der Waals surface area contributed by atoms with Crippen LogP contribution in [0.3, 0.4) is 0 Å². The standard InChI is InChI=1S/C17H27N5O2/c1-4-5-8-19-16-20-10-12(14(18)24)15(22-16)21-11-6-7-17(2,3)13(23)9-11/h4,10-11,13,23H,1,5-9H2,2-3H3,(H2,18,24)(H2,19,20,21,22). The van der Waals surface area contributed by atoms with Crippen molar-refractivity contribution in [3.05, 3.63) is 24.4 Å². The van der Waals surface area contributed by atoms with E-state index in [1.165, 1.54) is 6.20 Å². The molecule has 1 fully saturated rings. The molecule has 1 aliphatic rings. The largest absolute Gasteiger partial charge is 0.392 e. The Morgan fingerprint density at radius 2 is 2.33 bits per heavy atom. The van der Waals surface area contributed by atoms with Crippen molar-refractivity contribution in [3.63, 3.8) is 0 Å². The highest BCUT2D eigenvalue weighted by atomic mass is 16.3. The van der Waals surface area contributed by atoms with E-state index >= 15 is 0 Å². The van der Waals surface area contributed by atoms with E-state index in [4.69, 9.17) is 5.73 Å². The average Bonchev–Trinajstić information content (AvgIpc) is 2.51. The number of aliphatic hydroxyl groups is 1. The zero-order valence-electron chi connectivity index (χ0n) is 14.4. The highest BCUT2D eigenvalue weighted by Crippen LogP contribution is 2.36. The number of nitrogens with one attached hydrogen (secondary N) is 2. The van der Waals surface area contributed by atoms with Crippen molar-refractivity contribution < 1.29 is 9.90 Å². The van der Waals surface area contributed by atoms with Crippen LogP contribution in [0.25, 0.3) is 0 Å². The molecule has 1 amide bonds. The number of nitrogens with two attached hydrogens (primary N) is 1. The molecule has 1 aliphatic carbocycles. The minimum Gasteiger partial charge on any atom is -0.392 e. The third-order valence-electron chi connectivity index (χ3n) is 4.57. The Bertz CT molecular complexity index is 603. The second-order valence-corrected chi connectivity index (χ2v) is 6.94. The summed E-state index contributed by atoms with van der Waals surface area (Å²) in [7, 11) is 0. The van der Waals surface area contributed by atoms with Gasteiger partial charge >= 0.3 is 0 Å². The Labute approximate surface area is 142 Å². The molecule has 1 saturated carbocycles. The lowest BCUT2D eigenvalue weighted by Gasteiger charge is -2.39. The van der Waals surface area contributed by atoms with Crippen LogP contribution in [0.2, 0.25) is 0 Å². The number of aliphatic hydroxyl groups excluding tert-OH is 1. The molecule has 7 nitrogen and oxygen atoms in total. The molecule has 2 rings (SSSR count). The third kappa shape index (κ3) is 4.44. The summed E-state index contributed by atoms with van der Waals surface area (Å²) in [4.78, 5) is 20.1. The van der Waals surface area contributed by atoms with Crippen LogP contribution < -0.4 is 16.4 Å². The molecule has 0 bridgehead atoms. The van der Waals surface area contributed by atoms with Gasteiger partial charge in [-0.3, -0.25) is 4.79 Å². The molecule has 5 N–H and O–H groups in total. The van der Waals surface area contributed by atoms with Gasteiger partial charge in [-0.25, -0.2) is 4.98 Å². The van der Waals surface area contributed by atoms with Crippen LogP contribution in [0.4, 0.5) is 11.8 Å². The van der Waals surface area contributed by atoms with E-state index < -0.39 is 12.0 Å². The molecular weight excluding hydrogens is 306 g/mol. The van der Waals surface area contributed by atoms with Crippen molar-refractivity contribution in [2.45, 2.75) is 51.7 Å². The SMILES string of the molecule is C=CCCNc1ncc(C(N)=O)c(NC2CCC(C)(C)C(O)C2)n1. The molecule has 1 heterocycles. The lowest BCUT2D eigenvalue weighted by molar-refractivity contribution is 0.00912. The van der Waals surface area contributed by atoms with Crippen molar-refractivity contribution >= 4 is 17.7 Å². The van der Waals surface area contributed by atoms with Crippen LogP contribution in [0.15, 0.2) is 18.9 Å². The summed E-state index contributed by atoms with van der Waals surface area (Å²) in [6.07, 6.45) is 6.01. The first-order valence-electron chi connectivity index (χ1n) is 8.29. The molecule has 132 valence electrons. The fourth-order valence-corrected chi connectivity index (χ4v) is 2.79. The summed E-state index contributed by atoms with van der Waals surface area (Å²) < 4.78 is 0. The van der Waals surface area contributed by atoms with Gasteiger partial charge in [-0.2, -0.15) is 4.98 Å². The van der Waals surface area contributed by atoms with Crippen molar-refractivity contribution in [2.24, 2.45) is 11.1 Å². The monoisotopic (exact) mass is 333 g/mol. The third-order valence-corrected chi connectivity index (χ3v) is 4.57. The molecule has 0 aromatic carbocycles. The average molecular weight is 333 g/mol. The van der Waals surface area contributed by atoms with E-state index in [2.05, 4.69) is 41.0 Å². The first kappa shape index (κ1) is 18.2. The lowest BCUT2D eigenvalue weighted by Crippen LogP contribution is -2.41. The van der Waals surface area contributed by atoms with E-state index in [1.807, 2.05) is 0 Å². The normalized spacial score (nSPS) is 22.6. The van der Waals surface area contributed by atoms with Gasteiger partial charge in [0.05, 0.1) is 11.7 Å². The Hall–Kier alpha value is -2.15. The van der Waals surface area contributed by atoms with E-state index in [0.717, 1.165) is 19.3 Å². The Morgan fingerprint density at radius 1 is 1.58 bits per heavy atom. The number of rotatable bonds is 7.